The number of halogens is 2. The maximum atomic E-state index is 11.8. The molecule has 0 aromatic carbocycles. The van der Waals surface area contributed by atoms with E-state index in [-0.39, 0.29) is 12.5 Å². The average molecular weight is 302 g/mol. The fourth-order valence-electron chi connectivity index (χ4n) is 1.27. The summed E-state index contributed by atoms with van der Waals surface area (Å²) in [6.45, 7) is 4.83. The molecule has 1 aliphatic rings. The van der Waals surface area contributed by atoms with Crippen LogP contribution in [0.2, 0.25) is 0 Å². The molecule has 1 saturated carbocycles. The Balaban J connectivity index is 2.63. The molecule has 0 radical (unpaired) electrons. The van der Waals surface area contributed by atoms with Crippen molar-refractivity contribution >= 4 is 38.9 Å². The maximum Gasteiger partial charge on any atom is 0.229 e. The number of carbonyl (C=O) groups excluding carboxylic acids is 1. The van der Waals surface area contributed by atoms with E-state index in [4.69, 9.17) is 23.2 Å². The molecule has 1 atom stereocenters. The van der Waals surface area contributed by atoms with Gasteiger partial charge in [-0.1, -0.05) is 0 Å². The molecule has 0 unspecified atom stereocenters. The van der Waals surface area contributed by atoms with E-state index >= 15 is 0 Å². The van der Waals surface area contributed by atoms with Crippen LogP contribution in [0.3, 0.4) is 0 Å². The van der Waals surface area contributed by atoms with Gasteiger partial charge < -0.3 is 5.32 Å². The Hall–Kier alpha value is -0.000000000000000111. The van der Waals surface area contributed by atoms with Crippen molar-refractivity contribution in [1.82, 2.24) is 5.32 Å². The highest BCUT2D eigenvalue weighted by molar-refractivity contribution is 7.92. The molecule has 0 aromatic rings. The van der Waals surface area contributed by atoms with Gasteiger partial charge in [-0.2, -0.15) is 0 Å². The monoisotopic (exact) mass is 301 g/mol. The lowest BCUT2D eigenvalue weighted by molar-refractivity contribution is -0.125. The molecule has 1 amide bonds. The number of sulfone groups is 1. The minimum absolute atomic E-state index is 0.0457. The van der Waals surface area contributed by atoms with E-state index in [0.717, 1.165) is 6.26 Å². The van der Waals surface area contributed by atoms with Gasteiger partial charge in [0.1, 0.15) is 4.33 Å². The van der Waals surface area contributed by atoms with Crippen molar-refractivity contribution in [3.05, 3.63) is 0 Å². The molecule has 0 bridgehead atoms. The van der Waals surface area contributed by atoms with Gasteiger partial charge in [-0.05, 0) is 27.2 Å². The van der Waals surface area contributed by atoms with Gasteiger partial charge in [0.05, 0.1) is 10.2 Å². The van der Waals surface area contributed by atoms with E-state index < -0.39 is 24.3 Å². The van der Waals surface area contributed by atoms with E-state index in [9.17, 15) is 13.2 Å². The van der Waals surface area contributed by atoms with Crippen molar-refractivity contribution in [3.63, 3.8) is 0 Å². The van der Waals surface area contributed by atoms with Crippen molar-refractivity contribution in [2.45, 2.75) is 36.3 Å². The second-order valence-corrected chi connectivity index (χ2v) is 9.56. The summed E-state index contributed by atoms with van der Waals surface area (Å²) in [5.41, 5.74) is -0.816. The Kier molecular flexibility index (Phi) is 3.54. The smallest absolute Gasteiger partial charge is 0.229 e. The molecule has 1 N–H and O–H groups in total. The normalized spacial score (nSPS) is 27.6. The van der Waals surface area contributed by atoms with Gasteiger partial charge >= 0.3 is 0 Å². The molecule has 1 rings (SSSR count). The van der Waals surface area contributed by atoms with Crippen LogP contribution in [0.15, 0.2) is 0 Å². The zero-order valence-corrected chi connectivity index (χ0v) is 12.6. The van der Waals surface area contributed by atoms with Crippen LogP contribution in [0.5, 0.6) is 0 Å². The summed E-state index contributed by atoms with van der Waals surface area (Å²) in [6, 6.07) is 0. The first-order chi connectivity index (χ1) is 7.33. The highest BCUT2D eigenvalue weighted by atomic mass is 35.5. The Morgan fingerprint density at radius 1 is 1.41 bits per heavy atom. The lowest BCUT2D eigenvalue weighted by Gasteiger charge is -2.24. The summed E-state index contributed by atoms with van der Waals surface area (Å²) in [5.74, 6) is -0.306. The summed E-state index contributed by atoms with van der Waals surface area (Å²) in [4.78, 5) is 11.8. The summed E-state index contributed by atoms with van der Waals surface area (Å²) < 4.78 is 20.9. The molecule has 0 aliphatic heterocycles. The van der Waals surface area contributed by atoms with Crippen molar-refractivity contribution in [1.29, 1.82) is 0 Å². The number of amides is 1. The number of alkyl halides is 2. The molecule has 0 heterocycles. The number of nitrogens with one attached hydrogen (secondary N) is 1. The van der Waals surface area contributed by atoms with Crippen LogP contribution >= 0.6 is 23.2 Å². The number of hydrogen-bond acceptors (Lipinski definition) is 3. The van der Waals surface area contributed by atoms with Crippen LogP contribution in [0, 0.1) is 5.41 Å². The average Bonchev–Trinajstić information content (AvgIpc) is 2.61. The van der Waals surface area contributed by atoms with Crippen molar-refractivity contribution in [2.24, 2.45) is 5.41 Å². The van der Waals surface area contributed by atoms with Gasteiger partial charge in [0.2, 0.25) is 5.91 Å². The van der Waals surface area contributed by atoms with E-state index in [1.54, 1.807) is 20.8 Å². The zero-order chi connectivity index (χ0) is 13.7. The van der Waals surface area contributed by atoms with Crippen molar-refractivity contribution in [3.8, 4) is 0 Å². The Labute approximate surface area is 112 Å². The minimum Gasteiger partial charge on any atom is -0.354 e. The van der Waals surface area contributed by atoms with E-state index in [2.05, 4.69) is 5.32 Å². The summed E-state index contributed by atoms with van der Waals surface area (Å²) in [5, 5.41) is 2.60. The predicted molar refractivity (Wildman–Crippen MR) is 69.1 cm³/mol. The molecule has 1 aliphatic carbocycles. The standard InChI is InChI=1S/C10H17Cl2NO3S/c1-8(2,17(4,15)16)6-13-7(14)9(3)5-10(9,11)12/h5-6H2,1-4H3,(H,13,14)/t9-/m1/s1. The van der Waals surface area contributed by atoms with Crippen LogP contribution in [-0.4, -0.2) is 36.2 Å². The fraction of sp³-hybridized carbons (Fsp3) is 0.900. The largest absolute Gasteiger partial charge is 0.354 e. The van der Waals surface area contributed by atoms with Crippen LogP contribution in [0.4, 0.5) is 0 Å². The highest BCUT2D eigenvalue weighted by Crippen LogP contribution is 2.63. The topological polar surface area (TPSA) is 63.2 Å². The summed E-state index contributed by atoms with van der Waals surface area (Å²) in [6.07, 6.45) is 1.53. The lowest BCUT2D eigenvalue weighted by Crippen LogP contribution is -2.46. The zero-order valence-electron chi connectivity index (χ0n) is 10.3. The number of carbonyl (C=O) groups is 1. The highest BCUT2D eigenvalue weighted by Gasteiger charge is 2.67. The number of rotatable bonds is 4. The first-order valence-electron chi connectivity index (χ1n) is 5.19. The van der Waals surface area contributed by atoms with Gasteiger partial charge in [-0.15, -0.1) is 23.2 Å². The SMILES string of the molecule is CC(C)(CNC(=O)[C@@]1(C)CC1(Cl)Cl)S(C)(=O)=O. The third kappa shape index (κ3) is 2.71. The van der Waals surface area contributed by atoms with Gasteiger partial charge in [0, 0.05) is 12.8 Å². The summed E-state index contributed by atoms with van der Waals surface area (Å²) >= 11 is 11.7. The molecule has 1 fully saturated rings. The molecular weight excluding hydrogens is 285 g/mol. The molecule has 7 heteroatoms. The molecule has 0 saturated heterocycles. The quantitative estimate of drug-likeness (QED) is 0.801. The predicted octanol–water partition coefficient (Wildman–Crippen LogP) is 1.51. The van der Waals surface area contributed by atoms with E-state index in [1.165, 1.54) is 0 Å². The molecule has 0 spiro atoms. The van der Waals surface area contributed by atoms with Crippen LogP contribution in [-0.2, 0) is 14.6 Å². The Morgan fingerprint density at radius 3 is 2.12 bits per heavy atom. The minimum atomic E-state index is -3.23. The lowest BCUT2D eigenvalue weighted by atomic mass is 10.1. The van der Waals surface area contributed by atoms with Crippen molar-refractivity contribution < 1.29 is 13.2 Å². The van der Waals surface area contributed by atoms with Gasteiger partial charge in [-0.3, -0.25) is 4.79 Å². The Morgan fingerprint density at radius 2 is 1.82 bits per heavy atom. The second kappa shape index (κ2) is 4.00. The van der Waals surface area contributed by atoms with E-state index in [1.807, 2.05) is 0 Å². The van der Waals surface area contributed by atoms with E-state index in [0.29, 0.717) is 6.42 Å². The van der Waals surface area contributed by atoms with Crippen LogP contribution in [0.1, 0.15) is 27.2 Å². The van der Waals surface area contributed by atoms with Gasteiger partial charge in [0.25, 0.3) is 0 Å². The van der Waals surface area contributed by atoms with Crippen LogP contribution in [0.25, 0.3) is 0 Å². The fourth-order valence-corrected chi connectivity index (χ4v) is 2.31. The van der Waals surface area contributed by atoms with Gasteiger partial charge in [-0.25, -0.2) is 8.42 Å². The second-order valence-electron chi connectivity index (χ2n) is 5.43. The summed E-state index contributed by atoms with van der Waals surface area (Å²) in [7, 11) is -3.23. The first-order valence-corrected chi connectivity index (χ1v) is 7.84. The molecule has 0 aromatic heterocycles. The Bertz CT molecular complexity index is 444. The number of hydrogen-bond donors (Lipinski definition) is 1. The van der Waals surface area contributed by atoms with Gasteiger partial charge in [0.15, 0.2) is 9.84 Å². The first kappa shape index (κ1) is 15.1. The van der Waals surface area contributed by atoms with Crippen molar-refractivity contribution in [2.75, 3.05) is 12.8 Å². The molecular formula is C10H17Cl2NO3S. The molecule has 100 valence electrons. The van der Waals surface area contributed by atoms with Crippen LogP contribution < -0.4 is 5.32 Å². The third-order valence-electron chi connectivity index (χ3n) is 3.44. The maximum absolute atomic E-state index is 11.8. The molecule has 4 nitrogen and oxygen atoms in total. The third-order valence-corrected chi connectivity index (χ3v) is 6.69. The molecule has 17 heavy (non-hydrogen) atoms.